The van der Waals surface area contributed by atoms with Gasteiger partial charge in [0.15, 0.2) is 0 Å². The fourth-order valence-electron chi connectivity index (χ4n) is 2.32. The summed E-state index contributed by atoms with van der Waals surface area (Å²) in [6, 6.07) is 9.61. The van der Waals surface area contributed by atoms with Gasteiger partial charge in [0.25, 0.3) is 0 Å². The second-order valence-corrected chi connectivity index (χ2v) is 5.75. The number of nitrogens with zero attached hydrogens (tertiary/aromatic N) is 2. The van der Waals surface area contributed by atoms with E-state index >= 15 is 0 Å². The molecule has 3 nitrogen and oxygen atoms in total. The number of rotatable bonds is 6. The molecule has 0 unspecified atom stereocenters. The molecule has 1 amide bonds. The van der Waals surface area contributed by atoms with E-state index in [1.165, 1.54) is 23.1 Å². The van der Waals surface area contributed by atoms with Crippen molar-refractivity contribution in [2.24, 2.45) is 0 Å². The van der Waals surface area contributed by atoms with Gasteiger partial charge in [-0.2, -0.15) is 0 Å². The molecule has 2 aromatic rings. The lowest BCUT2D eigenvalue weighted by molar-refractivity contribution is -0.131. The summed E-state index contributed by atoms with van der Waals surface area (Å²) in [5, 5.41) is 0. The number of halogens is 3. The van der Waals surface area contributed by atoms with Gasteiger partial charge in [-0.1, -0.05) is 24.3 Å². The molecule has 0 heterocycles. The van der Waals surface area contributed by atoms with Crippen molar-refractivity contribution in [3.8, 4) is 0 Å². The van der Waals surface area contributed by atoms with Crippen molar-refractivity contribution >= 4 is 5.91 Å². The van der Waals surface area contributed by atoms with Gasteiger partial charge in [0.2, 0.25) is 5.91 Å². The molecule has 0 N–H and O–H groups in total. The van der Waals surface area contributed by atoms with Gasteiger partial charge in [-0.3, -0.25) is 9.69 Å². The van der Waals surface area contributed by atoms with Crippen LogP contribution in [0.2, 0.25) is 0 Å². The number of likely N-dealkylation sites (N-methyl/N-ethyl adjacent to an activating group) is 2. The van der Waals surface area contributed by atoms with Crippen molar-refractivity contribution in [1.29, 1.82) is 0 Å². The van der Waals surface area contributed by atoms with Crippen LogP contribution in [0, 0.1) is 17.5 Å². The SMILES string of the molecule is CN(CC(=O)N(C)Cc1ccccc1F)Cc1ccc(F)cc1F. The lowest BCUT2D eigenvalue weighted by Crippen LogP contribution is -2.36. The van der Waals surface area contributed by atoms with Gasteiger partial charge in [-0.15, -0.1) is 0 Å². The third-order valence-corrected chi connectivity index (χ3v) is 3.65. The van der Waals surface area contributed by atoms with Crippen molar-refractivity contribution in [2.45, 2.75) is 13.1 Å². The maximum absolute atomic E-state index is 13.6. The largest absolute Gasteiger partial charge is 0.340 e. The van der Waals surface area contributed by atoms with Crippen LogP contribution in [0.3, 0.4) is 0 Å². The molecule has 0 aliphatic rings. The lowest BCUT2D eigenvalue weighted by Gasteiger charge is -2.22. The molecule has 0 atom stereocenters. The van der Waals surface area contributed by atoms with Gasteiger partial charge < -0.3 is 4.90 Å². The quantitative estimate of drug-likeness (QED) is 0.809. The number of carbonyl (C=O) groups excluding carboxylic acids is 1. The van der Waals surface area contributed by atoms with Crippen molar-refractivity contribution in [3.63, 3.8) is 0 Å². The Balaban J connectivity index is 1.92. The maximum Gasteiger partial charge on any atom is 0.236 e. The second-order valence-electron chi connectivity index (χ2n) is 5.75. The molecule has 0 bridgehead atoms. The molecule has 0 saturated heterocycles. The van der Waals surface area contributed by atoms with Crippen molar-refractivity contribution in [1.82, 2.24) is 9.80 Å². The minimum Gasteiger partial charge on any atom is -0.340 e. The van der Waals surface area contributed by atoms with Gasteiger partial charge in [0, 0.05) is 37.3 Å². The Morgan fingerprint density at radius 3 is 2.25 bits per heavy atom. The molecule has 0 aliphatic heterocycles. The zero-order valence-electron chi connectivity index (χ0n) is 13.6. The molecule has 6 heteroatoms. The van der Waals surface area contributed by atoms with E-state index in [2.05, 4.69) is 0 Å². The fourth-order valence-corrected chi connectivity index (χ4v) is 2.32. The van der Waals surface area contributed by atoms with Crippen LogP contribution in [0.4, 0.5) is 13.2 Å². The normalized spacial score (nSPS) is 10.9. The van der Waals surface area contributed by atoms with Crippen molar-refractivity contribution in [3.05, 3.63) is 71.0 Å². The Labute approximate surface area is 139 Å². The summed E-state index contributed by atoms with van der Waals surface area (Å²) >= 11 is 0. The molecule has 0 fully saturated rings. The predicted octanol–water partition coefficient (Wildman–Crippen LogP) is 3.19. The van der Waals surface area contributed by atoms with Crippen LogP contribution in [-0.4, -0.2) is 36.3 Å². The number of carbonyl (C=O) groups is 1. The fraction of sp³-hybridized carbons (Fsp3) is 0.278. The first-order valence-corrected chi connectivity index (χ1v) is 7.46. The molecule has 2 rings (SSSR count). The summed E-state index contributed by atoms with van der Waals surface area (Å²) in [7, 11) is 3.25. The number of amides is 1. The van der Waals surface area contributed by atoms with Crippen molar-refractivity contribution in [2.75, 3.05) is 20.6 Å². The minimum absolute atomic E-state index is 0.0434. The maximum atomic E-state index is 13.6. The van der Waals surface area contributed by atoms with Gasteiger partial charge in [0.1, 0.15) is 17.5 Å². The third kappa shape index (κ3) is 4.83. The monoisotopic (exact) mass is 336 g/mol. The number of hydrogen-bond donors (Lipinski definition) is 0. The van der Waals surface area contributed by atoms with Crippen LogP contribution in [0.25, 0.3) is 0 Å². The molecule has 0 spiro atoms. The minimum atomic E-state index is -0.644. The first-order valence-electron chi connectivity index (χ1n) is 7.46. The summed E-state index contributed by atoms with van der Waals surface area (Å²) in [6.07, 6.45) is 0. The molecular formula is C18H19F3N2O. The summed E-state index contributed by atoms with van der Waals surface area (Å²) in [4.78, 5) is 15.2. The van der Waals surface area contributed by atoms with E-state index in [4.69, 9.17) is 0 Å². The zero-order chi connectivity index (χ0) is 17.7. The standard InChI is InChI=1S/C18H19F3N2O/c1-22(10-14-7-8-15(19)9-17(14)21)12-18(24)23(2)11-13-5-3-4-6-16(13)20/h3-9H,10-12H2,1-2H3. The van der Waals surface area contributed by atoms with Crippen molar-refractivity contribution < 1.29 is 18.0 Å². The molecule has 0 aliphatic carbocycles. The molecular weight excluding hydrogens is 317 g/mol. The topological polar surface area (TPSA) is 23.6 Å². The highest BCUT2D eigenvalue weighted by Gasteiger charge is 2.15. The Kier molecular flexibility index (Phi) is 5.98. The first kappa shape index (κ1) is 18.0. The average Bonchev–Trinajstić information content (AvgIpc) is 2.52. The summed E-state index contributed by atoms with van der Waals surface area (Å²) < 4.78 is 40.2. The molecule has 128 valence electrons. The Bertz CT molecular complexity index is 721. The van der Waals surface area contributed by atoms with Crippen LogP contribution in [-0.2, 0) is 17.9 Å². The van der Waals surface area contributed by atoms with Gasteiger partial charge in [-0.05, 0) is 19.2 Å². The second kappa shape index (κ2) is 7.97. The van der Waals surface area contributed by atoms with Gasteiger partial charge in [0.05, 0.1) is 6.54 Å². The van der Waals surface area contributed by atoms with Gasteiger partial charge in [-0.25, -0.2) is 13.2 Å². The van der Waals surface area contributed by atoms with E-state index < -0.39 is 11.6 Å². The lowest BCUT2D eigenvalue weighted by atomic mass is 10.2. The summed E-state index contributed by atoms with van der Waals surface area (Å²) in [5.74, 6) is -1.87. The highest BCUT2D eigenvalue weighted by molar-refractivity contribution is 5.77. The highest BCUT2D eigenvalue weighted by atomic mass is 19.1. The number of benzene rings is 2. The van der Waals surface area contributed by atoms with Crippen LogP contribution in [0.5, 0.6) is 0 Å². The van der Waals surface area contributed by atoms with Gasteiger partial charge >= 0.3 is 0 Å². The molecule has 2 aromatic carbocycles. The van der Waals surface area contributed by atoms with E-state index in [9.17, 15) is 18.0 Å². The first-order chi connectivity index (χ1) is 11.4. The van der Waals surface area contributed by atoms with Crippen LogP contribution in [0.1, 0.15) is 11.1 Å². The summed E-state index contributed by atoms with van der Waals surface area (Å²) in [6.45, 7) is 0.372. The highest BCUT2D eigenvalue weighted by Crippen LogP contribution is 2.12. The molecule has 0 aromatic heterocycles. The molecule has 0 radical (unpaired) electrons. The number of hydrogen-bond acceptors (Lipinski definition) is 2. The predicted molar refractivity (Wildman–Crippen MR) is 85.6 cm³/mol. The average molecular weight is 336 g/mol. The van der Waals surface area contributed by atoms with Crippen LogP contribution >= 0.6 is 0 Å². The Hall–Kier alpha value is -2.34. The van der Waals surface area contributed by atoms with E-state index in [0.29, 0.717) is 11.1 Å². The molecule has 24 heavy (non-hydrogen) atoms. The van der Waals surface area contributed by atoms with E-state index in [1.807, 2.05) is 0 Å². The smallest absolute Gasteiger partial charge is 0.236 e. The van der Waals surface area contributed by atoms with Crippen LogP contribution in [0.15, 0.2) is 42.5 Å². The van der Waals surface area contributed by atoms with E-state index in [-0.39, 0.29) is 31.4 Å². The zero-order valence-corrected chi connectivity index (χ0v) is 13.6. The summed E-state index contributed by atoms with van der Waals surface area (Å²) in [5.41, 5.74) is 0.740. The third-order valence-electron chi connectivity index (χ3n) is 3.65. The Morgan fingerprint density at radius 1 is 0.917 bits per heavy atom. The van der Waals surface area contributed by atoms with Crippen LogP contribution < -0.4 is 0 Å². The Morgan fingerprint density at radius 2 is 1.58 bits per heavy atom. The van der Waals surface area contributed by atoms with E-state index in [0.717, 1.165) is 6.07 Å². The molecule has 0 saturated carbocycles. The van der Waals surface area contributed by atoms with E-state index in [1.54, 1.807) is 37.2 Å².